The average molecular weight is 329 g/mol. The molecule has 0 aliphatic carbocycles. The predicted molar refractivity (Wildman–Crippen MR) is 92.2 cm³/mol. The highest BCUT2D eigenvalue weighted by Gasteiger charge is 2.22. The maximum Gasteiger partial charge on any atom is 0.0465 e. The van der Waals surface area contributed by atoms with Crippen LogP contribution in [0.15, 0.2) is 18.2 Å². The number of rotatable bonds is 4. The van der Waals surface area contributed by atoms with Crippen LogP contribution in [0.5, 0.6) is 0 Å². The molecule has 0 bridgehead atoms. The zero-order chi connectivity index (χ0) is 15.5. The highest BCUT2D eigenvalue weighted by molar-refractivity contribution is 6.35. The van der Waals surface area contributed by atoms with Gasteiger partial charge in [-0.25, -0.2) is 0 Å². The molecular formula is C17H26Cl2N2. The molecule has 1 aliphatic rings. The Hall–Kier alpha value is -0.280. The van der Waals surface area contributed by atoms with Crippen LogP contribution in [-0.2, 0) is 6.54 Å². The van der Waals surface area contributed by atoms with E-state index < -0.39 is 0 Å². The van der Waals surface area contributed by atoms with Gasteiger partial charge in [-0.2, -0.15) is 0 Å². The number of nitrogens with zero attached hydrogens (tertiary/aromatic N) is 1. The van der Waals surface area contributed by atoms with Gasteiger partial charge in [0.05, 0.1) is 0 Å². The summed E-state index contributed by atoms with van der Waals surface area (Å²) in [5.74, 6) is 0.708. The fraction of sp³-hybridized carbons (Fsp3) is 0.647. The Balaban J connectivity index is 1.92. The number of likely N-dealkylation sites (tertiary alicyclic amines) is 1. The van der Waals surface area contributed by atoms with Crippen LogP contribution in [0, 0.1) is 5.92 Å². The molecule has 0 spiro atoms. The van der Waals surface area contributed by atoms with E-state index in [1.54, 1.807) is 0 Å². The van der Waals surface area contributed by atoms with E-state index in [0.29, 0.717) is 5.92 Å². The minimum atomic E-state index is 0.189. The molecule has 1 heterocycles. The Morgan fingerprint density at radius 2 is 1.90 bits per heavy atom. The first-order valence-corrected chi connectivity index (χ1v) is 8.51. The maximum absolute atomic E-state index is 6.28. The van der Waals surface area contributed by atoms with Gasteiger partial charge in [-0.05, 0) is 64.8 Å². The smallest absolute Gasteiger partial charge is 0.0465 e. The number of hydrogen-bond acceptors (Lipinski definition) is 2. The lowest BCUT2D eigenvalue weighted by atomic mass is 9.96. The summed E-state index contributed by atoms with van der Waals surface area (Å²) >= 11 is 12.6. The topological polar surface area (TPSA) is 15.3 Å². The molecule has 2 rings (SSSR count). The predicted octanol–water partition coefficient (Wildman–Crippen LogP) is 4.59. The number of halogens is 2. The highest BCUT2D eigenvalue weighted by atomic mass is 35.5. The Kier molecular flexibility index (Phi) is 5.96. The second kappa shape index (κ2) is 7.32. The average Bonchev–Trinajstić information content (AvgIpc) is 2.41. The molecule has 1 atom stereocenters. The quantitative estimate of drug-likeness (QED) is 0.869. The Bertz CT molecular complexity index is 448. The highest BCUT2D eigenvalue weighted by Crippen LogP contribution is 2.27. The molecular weight excluding hydrogens is 303 g/mol. The van der Waals surface area contributed by atoms with Crippen molar-refractivity contribution in [3.8, 4) is 0 Å². The van der Waals surface area contributed by atoms with Crippen LogP contribution in [0.25, 0.3) is 0 Å². The normalized spacial score (nSPS) is 20.7. The molecule has 1 fully saturated rings. The van der Waals surface area contributed by atoms with Crippen LogP contribution in [0.1, 0.15) is 39.2 Å². The van der Waals surface area contributed by atoms with Crippen LogP contribution in [-0.4, -0.2) is 30.1 Å². The summed E-state index contributed by atoms with van der Waals surface area (Å²) in [7, 11) is 0. The van der Waals surface area contributed by atoms with Crippen molar-refractivity contribution in [2.75, 3.05) is 19.6 Å². The van der Waals surface area contributed by atoms with Gasteiger partial charge in [-0.1, -0.05) is 29.3 Å². The zero-order valence-corrected chi connectivity index (χ0v) is 14.8. The molecule has 0 amide bonds. The van der Waals surface area contributed by atoms with E-state index in [2.05, 4.69) is 31.0 Å². The van der Waals surface area contributed by atoms with Crippen LogP contribution < -0.4 is 5.32 Å². The summed E-state index contributed by atoms with van der Waals surface area (Å²) in [5, 5.41) is 5.17. The van der Waals surface area contributed by atoms with Gasteiger partial charge in [-0.15, -0.1) is 0 Å². The van der Waals surface area contributed by atoms with Crippen molar-refractivity contribution in [1.82, 2.24) is 10.2 Å². The van der Waals surface area contributed by atoms with Gasteiger partial charge in [0.2, 0.25) is 0 Å². The monoisotopic (exact) mass is 328 g/mol. The third-order valence-electron chi connectivity index (χ3n) is 3.97. The summed E-state index contributed by atoms with van der Waals surface area (Å²) in [6.07, 6.45) is 2.55. The Morgan fingerprint density at radius 3 is 2.52 bits per heavy atom. The van der Waals surface area contributed by atoms with Crippen molar-refractivity contribution >= 4 is 23.2 Å². The molecule has 2 nitrogen and oxygen atoms in total. The number of hydrogen-bond donors (Lipinski definition) is 1. The van der Waals surface area contributed by atoms with Gasteiger partial charge < -0.3 is 5.32 Å². The summed E-state index contributed by atoms with van der Waals surface area (Å²) in [6, 6.07) is 5.75. The summed E-state index contributed by atoms with van der Waals surface area (Å²) < 4.78 is 0. The summed E-state index contributed by atoms with van der Waals surface area (Å²) in [6.45, 7) is 10.8. The molecule has 1 aromatic carbocycles. The first kappa shape index (κ1) is 17.1. The van der Waals surface area contributed by atoms with E-state index in [0.717, 1.165) is 41.8 Å². The number of benzene rings is 1. The van der Waals surface area contributed by atoms with E-state index in [4.69, 9.17) is 23.2 Å². The zero-order valence-electron chi connectivity index (χ0n) is 13.3. The second-order valence-electron chi connectivity index (χ2n) is 7.07. The molecule has 1 saturated heterocycles. The van der Waals surface area contributed by atoms with E-state index in [1.165, 1.54) is 12.8 Å². The van der Waals surface area contributed by atoms with Gasteiger partial charge in [0.25, 0.3) is 0 Å². The van der Waals surface area contributed by atoms with Crippen LogP contribution in [0.2, 0.25) is 10.0 Å². The molecule has 118 valence electrons. The molecule has 21 heavy (non-hydrogen) atoms. The minimum absolute atomic E-state index is 0.189. The SMILES string of the molecule is CC(C)(C)NCC1CCCN(Cc2c(Cl)cccc2Cl)C1. The lowest BCUT2D eigenvalue weighted by Gasteiger charge is -2.35. The van der Waals surface area contributed by atoms with Crippen molar-refractivity contribution in [3.63, 3.8) is 0 Å². The molecule has 1 unspecified atom stereocenters. The summed E-state index contributed by atoms with van der Waals surface area (Å²) in [5.41, 5.74) is 1.25. The lowest BCUT2D eigenvalue weighted by molar-refractivity contribution is 0.160. The fourth-order valence-corrected chi connectivity index (χ4v) is 3.34. The second-order valence-corrected chi connectivity index (χ2v) is 7.89. The van der Waals surface area contributed by atoms with E-state index in [1.807, 2.05) is 18.2 Å². The molecule has 0 aromatic heterocycles. The third kappa shape index (κ3) is 5.45. The fourth-order valence-electron chi connectivity index (χ4n) is 2.82. The van der Waals surface area contributed by atoms with E-state index >= 15 is 0 Å². The van der Waals surface area contributed by atoms with Crippen molar-refractivity contribution in [2.45, 2.75) is 45.7 Å². The van der Waals surface area contributed by atoms with Crippen LogP contribution >= 0.6 is 23.2 Å². The summed E-state index contributed by atoms with van der Waals surface area (Å²) in [4.78, 5) is 2.48. The largest absolute Gasteiger partial charge is 0.312 e. The lowest BCUT2D eigenvalue weighted by Crippen LogP contribution is -2.44. The van der Waals surface area contributed by atoms with Crippen molar-refractivity contribution < 1.29 is 0 Å². The van der Waals surface area contributed by atoms with Gasteiger partial charge in [-0.3, -0.25) is 4.90 Å². The third-order valence-corrected chi connectivity index (χ3v) is 4.68. The van der Waals surface area contributed by atoms with Crippen molar-refractivity contribution in [1.29, 1.82) is 0 Å². The van der Waals surface area contributed by atoms with Gasteiger partial charge in [0.1, 0.15) is 0 Å². The van der Waals surface area contributed by atoms with Gasteiger partial charge in [0.15, 0.2) is 0 Å². The maximum atomic E-state index is 6.28. The van der Waals surface area contributed by atoms with Crippen molar-refractivity contribution in [3.05, 3.63) is 33.8 Å². The molecule has 0 radical (unpaired) electrons. The number of nitrogens with one attached hydrogen (secondary N) is 1. The number of piperidine rings is 1. The van der Waals surface area contributed by atoms with Gasteiger partial charge >= 0.3 is 0 Å². The minimum Gasteiger partial charge on any atom is -0.312 e. The van der Waals surface area contributed by atoms with Gasteiger partial charge in [0, 0.05) is 34.2 Å². The molecule has 1 aromatic rings. The first-order valence-electron chi connectivity index (χ1n) is 7.75. The van der Waals surface area contributed by atoms with E-state index in [-0.39, 0.29) is 5.54 Å². The van der Waals surface area contributed by atoms with Crippen LogP contribution in [0.4, 0.5) is 0 Å². The standard InChI is InChI=1S/C17H26Cl2N2/c1-17(2,3)20-10-13-6-5-9-21(11-13)12-14-15(18)7-4-8-16(14)19/h4,7-8,13,20H,5-6,9-12H2,1-3H3. The Morgan fingerprint density at radius 1 is 1.24 bits per heavy atom. The van der Waals surface area contributed by atoms with E-state index in [9.17, 15) is 0 Å². The first-order chi connectivity index (χ1) is 9.85. The van der Waals surface area contributed by atoms with Crippen molar-refractivity contribution in [2.24, 2.45) is 5.92 Å². The molecule has 1 N–H and O–H groups in total. The Labute approximate surface area is 138 Å². The molecule has 0 saturated carbocycles. The van der Waals surface area contributed by atoms with Crippen LogP contribution in [0.3, 0.4) is 0 Å². The molecule has 4 heteroatoms. The molecule has 1 aliphatic heterocycles.